The Bertz CT molecular complexity index is 1070. The van der Waals surface area contributed by atoms with Crippen molar-refractivity contribution in [3.63, 3.8) is 0 Å². The van der Waals surface area contributed by atoms with Crippen LogP contribution in [0.2, 0.25) is 0 Å². The summed E-state index contributed by atoms with van der Waals surface area (Å²) in [6.07, 6.45) is 0.567. The highest BCUT2D eigenvalue weighted by atomic mass is 32.2. The van der Waals surface area contributed by atoms with Crippen molar-refractivity contribution in [1.29, 1.82) is 0 Å². The van der Waals surface area contributed by atoms with E-state index in [1.54, 1.807) is 18.2 Å². The minimum absolute atomic E-state index is 0.134. The van der Waals surface area contributed by atoms with Crippen LogP contribution in [0.15, 0.2) is 65.6 Å². The standard InChI is InChI=1S/C19H15F2NO2S/c20-17-8-6-14(10-18(17)21)16-11-19(16)22-25(23,24)15-7-5-12-3-1-2-4-13(12)9-15/h1-10,16,19,22H,11H2/t16-,19+/m0/s1. The molecule has 3 aromatic carbocycles. The van der Waals surface area contributed by atoms with Gasteiger partial charge in [-0.05, 0) is 47.0 Å². The van der Waals surface area contributed by atoms with E-state index in [2.05, 4.69) is 4.72 Å². The highest BCUT2D eigenvalue weighted by molar-refractivity contribution is 7.89. The van der Waals surface area contributed by atoms with Crippen molar-refractivity contribution in [2.45, 2.75) is 23.3 Å². The first-order valence-electron chi connectivity index (χ1n) is 7.90. The summed E-state index contributed by atoms with van der Waals surface area (Å²) in [6, 6.07) is 15.9. The van der Waals surface area contributed by atoms with Crippen LogP contribution >= 0.6 is 0 Å². The number of benzene rings is 3. The lowest BCUT2D eigenvalue weighted by Crippen LogP contribution is -2.26. The summed E-state index contributed by atoms with van der Waals surface area (Å²) in [4.78, 5) is 0.196. The summed E-state index contributed by atoms with van der Waals surface area (Å²) in [5.41, 5.74) is 0.602. The van der Waals surface area contributed by atoms with Crippen LogP contribution in [0.25, 0.3) is 10.8 Å². The summed E-state index contributed by atoms with van der Waals surface area (Å²) < 4.78 is 54.2. The van der Waals surface area contributed by atoms with Gasteiger partial charge in [-0.25, -0.2) is 21.9 Å². The quantitative estimate of drug-likeness (QED) is 0.767. The molecule has 0 spiro atoms. The van der Waals surface area contributed by atoms with Gasteiger partial charge in [0.15, 0.2) is 11.6 Å². The van der Waals surface area contributed by atoms with Crippen molar-refractivity contribution in [2.24, 2.45) is 0 Å². The molecule has 2 atom stereocenters. The molecule has 0 heterocycles. The first-order valence-corrected chi connectivity index (χ1v) is 9.38. The Kier molecular flexibility index (Phi) is 3.81. The average molecular weight is 359 g/mol. The molecule has 128 valence electrons. The van der Waals surface area contributed by atoms with Gasteiger partial charge < -0.3 is 0 Å². The highest BCUT2D eigenvalue weighted by Gasteiger charge is 2.41. The minimum atomic E-state index is -3.67. The van der Waals surface area contributed by atoms with Gasteiger partial charge in [0.25, 0.3) is 0 Å². The van der Waals surface area contributed by atoms with Crippen LogP contribution in [0.1, 0.15) is 17.9 Å². The molecule has 6 heteroatoms. The molecule has 0 saturated heterocycles. The van der Waals surface area contributed by atoms with E-state index in [0.29, 0.717) is 12.0 Å². The third-order valence-electron chi connectivity index (χ3n) is 4.50. The molecule has 0 radical (unpaired) electrons. The smallest absolute Gasteiger partial charge is 0.207 e. The molecule has 0 amide bonds. The zero-order valence-electron chi connectivity index (χ0n) is 13.1. The van der Waals surface area contributed by atoms with Crippen molar-refractivity contribution in [3.8, 4) is 0 Å². The van der Waals surface area contributed by atoms with Crippen LogP contribution in [0.3, 0.4) is 0 Å². The van der Waals surface area contributed by atoms with Crippen LogP contribution in [0.5, 0.6) is 0 Å². The lowest BCUT2D eigenvalue weighted by molar-refractivity contribution is 0.507. The maximum atomic E-state index is 13.3. The average Bonchev–Trinajstić information content (AvgIpc) is 3.35. The lowest BCUT2D eigenvalue weighted by Gasteiger charge is -2.08. The molecule has 3 aromatic rings. The molecule has 1 aliphatic carbocycles. The van der Waals surface area contributed by atoms with Gasteiger partial charge >= 0.3 is 0 Å². The molecular formula is C19H15F2NO2S. The van der Waals surface area contributed by atoms with Crippen LogP contribution < -0.4 is 4.72 Å². The molecule has 0 aliphatic heterocycles. The number of hydrogen-bond donors (Lipinski definition) is 1. The predicted octanol–water partition coefficient (Wildman–Crippen LogP) is 3.95. The Labute approximate surface area is 144 Å². The molecule has 1 N–H and O–H groups in total. The number of hydrogen-bond acceptors (Lipinski definition) is 2. The normalized spacial score (nSPS) is 19.9. The fourth-order valence-corrected chi connectivity index (χ4v) is 4.36. The van der Waals surface area contributed by atoms with Gasteiger partial charge in [0.1, 0.15) is 0 Å². The van der Waals surface area contributed by atoms with Crippen LogP contribution in [-0.2, 0) is 10.0 Å². The Morgan fingerprint density at radius 2 is 1.64 bits per heavy atom. The van der Waals surface area contributed by atoms with E-state index in [1.807, 2.05) is 24.3 Å². The number of sulfonamides is 1. The third-order valence-corrected chi connectivity index (χ3v) is 5.99. The molecule has 1 fully saturated rings. The van der Waals surface area contributed by atoms with Crippen LogP contribution in [-0.4, -0.2) is 14.5 Å². The second-order valence-electron chi connectivity index (χ2n) is 6.25. The number of nitrogens with one attached hydrogen (secondary N) is 1. The first-order chi connectivity index (χ1) is 11.9. The van der Waals surface area contributed by atoms with E-state index >= 15 is 0 Å². The maximum Gasteiger partial charge on any atom is 0.240 e. The van der Waals surface area contributed by atoms with Gasteiger partial charge in [-0.2, -0.15) is 0 Å². The predicted molar refractivity (Wildman–Crippen MR) is 91.8 cm³/mol. The number of halogens is 2. The molecule has 0 aromatic heterocycles. The molecule has 25 heavy (non-hydrogen) atoms. The van der Waals surface area contributed by atoms with E-state index < -0.39 is 21.7 Å². The van der Waals surface area contributed by atoms with Crippen LogP contribution in [0.4, 0.5) is 8.78 Å². The molecular weight excluding hydrogens is 344 g/mol. The second-order valence-corrected chi connectivity index (χ2v) is 7.97. The summed E-state index contributed by atoms with van der Waals surface area (Å²) in [7, 11) is -3.67. The van der Waals surface area contributed by atoms with Crippen molar-refractivity contribution in [2.75, 3.05) is 0 Å². The van der Waals surface area contributed by atoms with Gasteiger partial charge in [-0.3, -0.25) is 0 Å². The van der Waals surface area contributed by atoms with Gasteiger partial charge in [0, 0.05) is 12.0 Å². The summed E-state index contributed by atoms with van der Waals surface area (Å²) >= 11 is 0. The van der Waals surface area contributed by atoms with Gasteiger partial charge in [-0.15, -0.1) is 0 Å². The first kappa shape index (κ1) is 16.2. The molecule has 0 unspecified atom stereocenters. The Balaban J connectivity index is 1.54. The van der Waals surface area contributed by atoms with E-state index in [1.165, 1.54) is 6.07 Å². The Morgan fingerprint density at radius 3 is 2.40 bits per heavy atom. The van der Waals surface area contributed by atoms with Crippen LogP contribution in [0, 0.1) is 11.6 Å². The zero-order chi connectivity index (χ0) is 17.6. The fraction of sp³-hybridized carbons (Fsp3) is 0.158. The fourth-order valence-electron chi connectivity index (χ4n) is 3.04. The second kappa shape index (κ2) is 5.89. The topological polar surface area (TPSA) is 46.2 Å². The van der Waals surface area contributed by atoms with Gasteiger partial charge in [-0.1, -0.05) is 36.4 Å². The molecule has 4 rings (SSSR count). The molecule has 0 bridgehead atoms. The molecule has 1 aliphatic rings. The SMILES string of the molecule is O=S(=O)(N[C@@H]1C[C@H]1c1ccc(F)c(F)c1)c1ccc2ccccc2c1. The molecule has 1 saturated carbocycles. The number of rotatable bonds is 4. The monoisotopic (exact) mass is 359 g/mol. The lowest BCUT2D eigenvalue weighted by atomic mass is 10.1. The largest absolute Gasteiger partial charge is 0.240 e. The van der Waals surface area contributed by atoms with Crippen molar-refractivity contribution < 1.29 is 17.2 Å². The Morgan fingerprint density at radius 1 is 0.880 bits per heavy atom. The minimum Gasteiger partial charge on any atom is -0.207 e. The molecule has 3 nitrogen and oxygen atoms in total. The highest BCUT2D eigenvalue weighted by Crippen LogP contribution is 2.42. The van der Waals surface area contributed by atoms with E-state index in [9.17, 15) is 17.2 Å². The summed E-state index contributed by atoms with van der Waals surface area (Å²) in [6.45, 7) is 0. The Hall–Kier alpha value is -2.31. The zero-order valence-corrected chi connectivity index (χ0v) is 13.9. The van der Waals surface area contributed by atoms with Crippen molar-refractivity contribution in [1.82, 2.24) is 4.72 Å². The summed E-state index contributed by atoms with van der Waals surface area (Å²) in [5.74, 6) is -1.96. The van der Waals surface area contributed by atoms with E-state index in [-0.39, 0.29) is 16.9 Å². The van der Waals surface area contributed by atoms with E-state index in [4.69, 9.17) is 0 Å². The number of fused-ring (bicyclic) bond motifs is 1. The third kappa shape index (κ3) is 3.15. The van der Waals surface area contributed by atoms with Crippen molar-refractivity contribution >= 4 is 20.8 Å². The summed E-state index contributed by atoms with van der Waals surface area (Å²) in [5, 5.41) is 1.81. The van der Waals surface area contributed by atoms with Crippen molar-refractivity contribution in [3.05, 3.63) is 77.9 Å². The van der Waals surface area contributed by atoms with Gasteiger partial charge in [0.05, 0.1) is 4.90 Å². The van der Waals surface area contributed by atoms with Gasteiger partial charge in [0.2, 0.25) is 10.0 Å². The van der Waals surface area contributed by atoms with E-state index in [0.717, 1.165) is 22.9 Å². The maximum absolute atomic E-state index is 13.3.